The van der Waals surface area contributed by atoms with Crippen molar-refractivity contribution in [1.82, 2.24) is 4.98 Å². The van der Waals surface area contributed by atoms with Gasteiger partial charge < -0.3 is 5.11 Å². The summed E-state index contributed by atoms with van der Waals surface area (Å²) < 4.78 is 0.957. The van der Waals surface area contributed by atoms with E-state index in [1.54, 1.807) is 18.3 Å². The number of aromatic carboxylic acids is 1. The lowest BCUT2D eigenvalue weighted by atomic mass is 10.4. The molecule has 0 aliphatic rings. The van der Waals surface area contributed by atoms with Crippen LogP contribution in [0.1, 0.15) is 15.4 Å². The van der Waals surface area contributed by atoms with Crippen LogP contribution in [-0.4, -0.2) is 16.1 Å². The molecule has 0 atom stereocenters. The number of thiazole rings is 1. The first-order valence-corrected chi connectivity index (χ1v) is 6.52. The molecule has 0 saturated carbocycles. The van der Waals surface area contributed by atoms with Crippen molar-refractivity contribution in [3.8, 4) is 9.88 Å². The molecule has 0 spiro atoms. The summed E-state index contributed by atoms with van der Waals surface area (Å²) in [5, 5.41) is 11.6. The Hall–Kier alpha value is -0.720. The first-order valence-electron chi connectivity index (χ1n) is 4.03. The lowest BCUT2D eigenvalue weighted by molar-refractivity contribution is 0.0690. The SMILES string of the molecule is Cc1sc(-c2sccc2Br)nc1C(=O)O. The van der Waals surface area contributed by atoms with E-state index < -0.39 is 5.97 Å². The largest absolute Gasteiger partial charge is 0.476 e. The van der Waals surface area contributed by atoms with Crippen molar-refractivity contribution in [2.75, 3.05) is 0 Å². The highest BCUT2D eigenvalue weighted by Crippen LogP contribution is 2.36. The van der Waals surface area contributed by atoms with Crippen LogP contribution in [0.4, 0.5) is 0 Å². The minimum Gasteiger partial charge on any atom is -0.476 e. The molecule has 2 aromatic heterocycles. The van der Waals surface area contributed by atoms with E-state index in [-0.39, 0.29) is 5.69 Å². The number of hydrogen-bond donors (Lipinski definition) is 1. The predicted molar refractivity (Wildman–Crippen MR) is 64.8 cm³/mol. The summed E-state index contributed by atoms with van der Waals surface area (Å²) in [5.74, 6) is -0.970. The fourth-order valence-electron chi connectivity index (χ4n) is 1.14. The van der Waals surface area contributed by atoms with E-state index in [0.29, 0.717) is 0 Å². The van der Waals surface area contributed by atoms with E-state index in [9.17, 15) is 4.79 Å². The molecule has 78 valence electrons. The van der Waals surface area contributed by atoms with Crippen molar-refractivity contribution >= 4 is 44.6 Å². The standard InChI is InChI=1S/C9H6BrNO2S2/c1-4-6(9(12)13)11-8(15-4)7-5(10)2-3-14-7/h2-3H,1H3,(H,12,13). The molecule has 0 amide bonds. The molecule has 0 saturated heterocycles. The van der Waals surface area contributed by atoms with Crippen LogP contribution in [0.3, 0.4) is 0 Å². The van der Waals surface area contributed by atoms with Gasteiger partial charge in [-0.3, -0.25) is 0 Å². The van der Waals surface area contributed by atoms with E-state index in [2.05, 4.69) is 20.9 Å². The summed E-state index contributed by atoms with van der Waals surface area (Å²) in [6, 6.07) is 1.93. The highest BCUT2D eigenvalue weighted by Gasteiger charge is 2.16. The number of halogens is 1. The third-order valence-corrected chi connectivity index (χ3v) is 4.77. The maximum Gasteiger partial charge on any atom is 0.355 e. The van der Waals surface area contributed by atoms with Gasteiger partial charge in [-0.2, -0.15) is 0 Å². The molecule has 15 heavy (non-hydrogen) atoms. The first kappa shape index (κ1) is 10.8. The summed E-state index contributed by atoms with van der Waals surface area (Å²) in [6.07, 6.45) is 0. The Labute approximate surface area is 103 Å². The van der Waals surface area contributed by atoms with Crippen LogP contribution < -0.4 is 0 Å². The number of nitrogens with zero attached hydrogens (tertiary/aromatic N) is 1. The second kappa shape index (κ2) is 4.03. The van der Waals surface area contributed by atoms with Crippen molar-refractivity contribution in [2.24, 2.45) is 0 Å². The maximum absolute atomic E-state index is 10.8. The topological polar surface area (TPSA) is 50.2 Å². The van der Waals surface area contributed by atoms with Gasteiger partial charge in [0.05, 0.1) is 4.88 Å². The summed E-state index contributed by atoms with van der Waals surface area (Å²) in [6.45, 7) is 1.77. The van der Waals surface area contributed by atoms with Gasteiger partial charge >= 0.3 is 5.97 Å². The van der Waals surface area contributed by atoms with Crippen LogP contribution >= 0.6 is 38.6 Å². The highest BCUT2D eigenvalue weighted by atomic mass is 79.9. The van der Waals surface area contributed by atoms with Gasteiger partial charge in [0.15, 0.2) is 5.69 Å². The van der Waals surface area contributed by atoms with Gasteiger partial charge in [-0.15, -0.1) is 22.7 Å². The minimum atomic E-state index is -0.970. The average molecular weight is 304 g/mol. The molecule has 0 aromatic carbocycles. The summed E-state index contributed by atoms with van der Waals surface area (Å²) >= 11 is 6.35. The molecular formula is C9H6BrNO2S2. The van der Waals surface area contributed by atoms with Gasteiger partial charge in [-0.05, 0) is 34.3 Å². The van der Waals surface area contributed by atoms with E-state index in [1.165, 1.54) is 11.3 Å². The quantitative estimate of drug-likeness (QED) is 0.921. The normalized spacial score (nSPS) is 10.5. The zero-order valence-corrected chi connectivity index (χ0v) is 10.9. The number of carboxylic acids is 1. The fourth-order valence-corrected chi connectivity index (χ4v) is 3.84. The van der Waals surface area contributed by atoms with Crippen LogP contribution in [0.25, 0.3) is 9.88 Å². The molecule has 2 rings (SSSR count). The van der Waals surface area contributed by atoms with Crippen LogP contribution in [-0.2, 0) is 0 Å². The second-order valence-electron chi connectivity index (χ2n) is 2.83. The summed E-state index contributed by atoms with van der Waals surface area (Å²) in [5.41, 5.74) is 0.148. The van der Waals surface area contributed by atoms with Crippen molar-refractivity contribution in [2.45, 2.75) is 6.92 Å². The van der Waals surface area contributed by atoms with Crippen LogP contribution in [0.15, 0.2) is 15.9 Å². The second-order valence-corrected chi connectivity index (χ2v) is 5.80. The molecule has 0 aliphatic carbocycles. The lowest BCUT2D eigenvalue weighted by Crippen LogP contribution is -1.98. The zero-order chi connectivity index (χ0) is 11.0. The Balaban J connectivity index is 2.52. The van der Waals surface area contributed by atoms with E-state index in [1.807, 2.05) is 11.4 Å². The van der Waals surface area contributed by atoms with Crippen molar-refractivity contribution in [3.05, 3.63) is 26.5 Å². The fraction of sp³-hybridized carbons (Fsp3) is 0.111. The third-order valence-electron chi connectivity index (χ3n) is 1.81. The van der Waals surface area contributed by atoms with Crippen LogP contribution in [0, 0.1) is 6.92 Å². The Morgan fingerprint density at radius 2 is 2.33 bits per heavy atom. The number of rotatable bonds is 2. The van der Waals surface area contributed by atoms with Gasteiger partial charge in [-0.25, -0.2) is 9.78 Å². The number of carbonyl (C=O) groups is 1. The smallest absolute Gasteiger partial charge is 0.355 e. The molecule has 0 fully saturated rings. The molecule has 0 aliphatic heterocycles. The molecule has 3 nitrogen and oxygen atoms in total. The third kappa shape index (κ3) is 1.97. The average Bonchev–Trinajstić information content (AvgIpc) is 2.71. The number of thiophene rings is 1. The van der Waals surface area contributed by atoms with Gasteiger partial charge in [0.2, 0.25) is 0 Å². The Bertz CT molecular complexity index is 518. The predicted octanol–water partition coefficient (Wildman–Crippen LogP) is 3.64. The highest BCUT2D eigenvalue weighted by molar-refractivity contribution is 9.10. The van der Waals surface area contributed by atoms with Crippen molar-refractivity contribution in [3.63, 3.8) is 0 Å². The molecule has 0 bridgehead atoms. The number of hydrogen-bond acceptors (Lipinski definition) is 4. The molecule has 1 N–H and O–H groups in total. The van der Waals surface area contributed by atoms with Crippen molar-refractivity contribution < 1.29 is 9.90 Å². The molecule has 2 aromatic rings. The minimum absolute atomic E-state index is 0.148. The van der Waals surface area contributed by atoms with E-state index >= 15 is 0 Å². The first-order chi connectivity index (χ1) is 7.09. The summed E-state index contributed by atoms with van der Waals surface area (Å²) in [4.78, 5) is 16.7. The number of aryl methyl sites for hydroxylation is 1. The Kier molecular flexibility index (Phi) is 2.90. The van der Waals surface area contributed by atoms with Crippen molar-refractivity contribution in [1.29, 1.82) is 0 Å². The van der Waals surface area contributed by atoms with Gasteiger partial charge in [0, 0.05) is 9.35 Å². The molecule has 6 heteroatoms. The monoisotopic (exact) mass is 303 g/mol. The van der Waals surface area contributed by atoms with Gasteiger partial charge in [0.1, 0.15) is 5.01 Å². The molecule has 0 unspecified atom stereocenters. The van der Waals surface area contributed by atoms with E-state index in [0.717, 1.165) is 19.2 Å². The lowest BCUT2D eigenvalue weighted by Gasteiger charge is -1.89. The number of aromatic nitrogens is 1. The van der Waals surface area contributed by atoms with Gasteiger partial charge in [-0.1, -0.05) is 0 Å². The zero-order valence-electron chi connectivity index (χ0n) is 7.65. The maximum atomic E-state index is 10.8. The summed E-state index contributed by atoms with van der Waals surface area (Å²) in [7, 11) is 0. The van der Waals surface area contributed by atoms with Gasteiger partial charge in [0.25, 0.3) is 0 Å². The molecular weight excluding hydrogens is 298 g/mol. The van der Waals surface area contributed by atoms with Crippen LogP contribution in [0.5, 0.6) is 0 Å². The Morgan fingerprint density at radius 3 is 2.80 bits per heavy atom. The number of carboxylic acid groups (broad SMARTS) is 1. The Morgan fingerprint density at radius 1 is 1.60 bits per heavy atom. The molecule has 2 heterocycles. The van der Waals surface area contributed by atoms with E-state index in [4.69, 9.17) is 5.11 Å². The molecule has 0 radical (unpaired) electrons. The van der Waals surface area contributed by atoms with Crippen LogP contribution in [0.2, 0.25) is 0 Å².